The van der Waals surface area contributed by atoms with Crippen LogP contribution in [0.5, 0.6) is 0 Å². The molecule has 0 bridgehead atoms. The fraction of sp³-hybridized carbons (Fsp3) is 0.567. The van der Waals surface area contributed by atoms with Gasteiger partial charge in [-0.15, -0.1) is 0 Å². The van der Waals surface area contributed by atoms with Gasteiger partial charge in [0.05, 0.1) is 17.7 Å². The highest BCUT2D eigenvalue weighted by atomic mass is 19.4. The highest BCUT2D eigenvalue weighted by Gasteiger charge is 2.56. The predicted molar refractivity (Wildman–Crippen MR) is 147 cm³/mol. The molecule has 2 aliphatic carbocycles. The molecule has 13 heteroatoms. The Hall–Kier alpha value is -3.92. The van der Waals surface area contributed by atoms with Gasteiger partial charge in [0.2, 0.25) is 0 Å². The van der Waals surface area contributed by atoms with Gasteiger partial charge in [0.25, 0.3) is 17.7 Å². The van der Waals surface area contributed by atoms with Gasteiger partial charge < -0.3 is 20.7 Å². The van der Waals surface area contributed by atoms with Crippen molar-refractivity contribution in [3.8, 4) is 6.07 Å². The van der Waals surface area contributed by atoms with Crippen LogP contribution in [0.15, 0.2) is 40.5 Å². The Morgan fingerprint density at radius 2 is 1.86 bits per heavy atom. The lowest BCUT2D eigenvalue weighted by Crippen LogP contribution is -2.60. The number of nitrogens with zero attached hydrogens (tertiary/aromatic N) is 4. The van der Waals surface area contributed by atoms with Gasteiger partial charge in [0.15, 0.2) is 0 Å². The molecule has 1 aromatic carbocycles. The maximum absolute atomic E-state index is 14.0. The molecule has 6 rings (SSSR count). The summed E-state index contributed by atoms with van der Waals surface area (Å²) in [5, 5.41) is 12.4. The zero-order valence-corrected chi connectivity index (χ0v) is 23.6. The predicted octanol–water partition coefficient (Wildman–Crippen LogP) is 2.61. The summed E-state index contributed by atoms with van der Waals surface area (Å²) in [7, 11) is 1.50. The number of piperidine rings is 2. The second-order valence-corrected chi connectivity index (χ2v) is 12.1. The van der Waals surface area contributed by atoms with E-state index in [1.807, 2.05) is 0 Å². The van der Waals surface area contributed by atoms with E-state index in [-0.39, 0.29) is 41.0 Å². The number of amidine groups is 1. The van der Waals surface area contributed by atoms with Gasteiger partial charge >= 0.3 is 6.18 Å². The van der Waals surface area contributed by atoms with E-state index in [0.29, 0.717) is 50.9 Å². The monoisotopic (exact) mass is 598 g/mol. The number of halogens is 3. The van der Waals surface area contributed by atoms with Gasteiger partial charge in [-0.05, 0) is 68.6 Å². The molecule has 1 aromatic rings. The Balaban J connectivity index is 1.40. The van der Waals surface area contributed by atoms with Crippen LogP contribution in [-0.4, -0.2) is 77.8 Å². The van der Waals surface area contributed by atoms with Crippen molar-refractivity contribution < 1.29 is 32.3 Å². The SMILES string of the molecule is CN1C(=O)C(NC(=O)c2cccc(C(F)(F)F)c2)C(C2CC2)/C(=C(/N)C(=O)N2C(C#N)CC3CC32)C1=NC1CCOCC1. The molecule has 3 amide bonds. The number of amides is 3. The number of nitrogens with one attached hydrogen (secondary N) is 1. The molecule has 43 heavy (non-hydrogen) atoms. The number of fused-ring (bicyclic) bond motifs is 1. The van der Waals surface area contributed by atoms with Gasteiger partial charge in [-0.25, -0.2) is 0 Å². The average molecular weight is 599 g/mol. The Morgan fingerprint density at radius 3 is 2.51 bits per heavy atom. The van der Waals surface area contributed by atoms with Crippen LogP contribution in [0.1, 0.15) is 54.4 Å². The molecule has 0 aromatic heterocycles. The molecule has 5 fully saturated rings. The topological polar surface area (TPSA) is 141 Å². The van der Waals surface area contributed by atoms with Crippen LogP contribution in [-0.2, 0) is 20.5 Å². The summed E-state index contributed by atoms with van der Waals surface area (Å²) in [6.45, 7) is 0.990. The van der Waals surface area contributed by atoms with Gasteiger partial charge in [-0.2, -0.15) is 18.4 Å². The lowest BCUT2D eigenvalue weighted by atomic mass is 9.80. The van der Waals surface area contributed by atoms with Crippen molar-refractivity contribution in [3.63, 3.8) is 0 Å². The molecular weight excluding hydrogens is 565 g/mol. The number of rotatable bonds is 5. The maximum Gasteiger partial charge on any atom is 0.416 e. The number of nitriles is 1. The van der Waals surface area contributed by atoms with Crippen LogP contribution in [0.4, 0.5) is 13.2 Å². The molecule has 0 radical (unpaired) electrons. The number of aliphatic imine (C=N–C) groups is 1. The van der Waals surface area contributed by atoms with Gasteiger partial charge in [-0.1, -0.05) is 6.07 Å². The number of carbonyl (C=O) groups is 3. The van der Waals surface area contributed by atoms with Crippen LogP contribution in [0.25, 0.3) is 0 Å². The number of benzene rings is 1. The minimum absolute atomic E-state index is 0.0640. The first-order chi connectivity index (χ1) is 20.5. The molecule has 228 valence electrons. The van der Waals surface area contributed by atoms with Crippen molar-refractivity contribution in [2.45, 2.75) is 68.9 Å². The molecule has 2 saturated carbocycles. The third kappa shape index (κ3) is 5.48. The molecule has 5 aliphatic rings. The molecule has 0 spiro atoms. The summed E-state index contributed by atoms with van der Waals surface area (Å²) in [4.78, 5) is 48.9. The Bertz CT molecular complexity index is 1440. The standard InChI is InChI=1S/C30H33F3N6O4/c1-38-26(36-19-7-9-43-10-8-19)23(24(35)28(41)39-20(14-34)12-17-13-21(17)39)22(15-5-6-15)25(29(38)42)37-27(40)16-3-2-4-18(11-16)30(31,32)33/h2-4,11,15,17,19-22,25H,5-10,12-13,35H2,1H3,(H,37,40)/b24-23-,36-26?. The summed E-state index contributed by atoms with van der Waals surface area (Å²) >= 11 is 0. The van der Waals surface area contributed by atoms with Gasteiger partial charge in [-0.3, -0.25) is 24.3 Å². The molecule has 3 saturated heterocycles. The van der Waals surface area contributed by atoms with E-state index in [1.165, 1.54) is 22.9 Å². The number of nitrogens with two attached hydrogens (primary N) is 1. The fourth-order valence-electron chi connectivity index (χ4n) is 6.70. The first-order valence-corrected chi connectivity index (χ1v) is 14.6. The third-order valence-corrected chi connectivity index (χ3v) is 9.22. The average Bonchev–Trinajstić information content (AvgIpc) is 3.94. The highest BCUT2D eigenvalue weighted by molar-refractivity contribution is 6.17. The molecule has 5 atom stereocenters. The lowest BCUT2D eigenvalue weighted by molar-refractivity contribution is -0.137. The van der Waals surface area contributed by atoms with Crippen LogP contribution >= 0.6 is 0 Å². The maximum atomic E-state index is 14.0. The van der Waals surface area contributed by atoms with Crippen molar-refractivity contribution in [1.29, 1.82) is 5.26 Å². The number of likely N-dealkylation sites (N-methyl/N-ethyl adjacent to an activating group) is 1. The number of likely N-dealkylation sites (tertiary alicyclic amines) is 2. The summed E-state index contributed by atoms with van der Waals surface area (Å²) in [6.07, 6.45) is -0.615. The largest absolute Gasteiger partial charge is 0.416 e. The number of hydrogen-bond acceptors (Lipinski definition) is 7. The van der Waals surface area contributed by atoms with E-state index in [1.54, 1.807) is 0 Å². The molecule has 10 nitrogen and oxygen atoms in total. The summed E-state index contributed by atoms with van der Waals surface area (Å²) in [5.74, 6) is -2.15. The van der Waals surface area contributed by atoms with Crippen molar-refractivity contribution >= 4 is 23.6 Å². The van der Waals surface area contributed by atoms with Gasteiger partial charge in [0, 0.05) is 43.4 Å². The summed E-state index contributed by atoms with van der Waals surface area (Å²) < 4.78 is 45.5. The minimum Gasteiger partial charge on any atom is -0.394 e. The van der Waals surface area contributed by atoms with Gasteiger partial charge in [0.1, 0.15) is 23.6 Å². The van der Waals surface area contributed by atoms with E-state index < -0.39 is 47.5 Å². The third-order valence-electron chi connectivity index (χ3n) is 9.22. The number of ether oxygens (including phenoxy) is 1. The first-order valence-electron chi connectivity index (χ1n) is 14.6. The smallest absolute Gasteiger partial charge is 0.394 e. The van der Waals surface area contributed by atoms with Crippen LogP contribution < -0.4 is 11.1 Å². The summed E-state index contributed by atoms with van der Waals surface area (Å²) in [6, 6.07) is 4.16. The number of alkyl halides is 3. The first kappa shape index (κ1) is 29.2. The van der Waals surface area contributed by atoms with Crippen molar-refractivity contribution in [2.75, 3.05) is 20.3 Å². The second-order valence-electron chi connectivity index (χ2n) is 12.1. The minimum atomic E-state index is -4.65. The highest BCUT2D eigenvalue weighted by Crippen LogP contribution is 2.49. The van der Waals surface area contributed by atoms with E-state index >= 15 is 0 Å². The van der Waals surface area contributed by atoms with Crippen molar-refractivity contribution in [1.82, 2.24) is 15.1 Å². The molecule has 3 N–H and O–H groups in total. The van der Waals surface area contributed by atoms with E-state index in [2.05, 4.69) is 11.4 Å². The fourth-order valence-corrected chi connectivity index (χ4v) is 6.70. The Labute approximate surface area is 246 Å². The van der Waals surface area contributed by atoms with Crippen LogP contribution in [0.2, 0.25) is 0 Å². The molecular formula is C30H33F3N6O4. The zero-order valence-electron chi connectivity index (χ0n) is 23.6. The quantitative estimate of drug-likeness (QED) is 0.500. The molecule has 3 aliphatic heterocycles. The van der Waals surface area contributed by atoms with E-state index in [9.17, 15) is 32.8 Å². The Morgan fingerprint density at radius 1 is 1.14 bits per heavy atom. The number of hydrogen-bond donors (Lipinski definition) is 2. The van der Waals surface area contributed by atoms with Crippen LogP contribution in [0.3, 0.4) is 0 Å². The normalized spacial score (nSPS) is 31.5. The number of carbonyl (C=O) groups excluding carboxylic acids is 3. The van der Waals surface area contributed by atoms with Crippen molar-refractivity contribution in [2.24, 2.45) is 28.5 Å². The molecule has 5 unspecified atom stereocenters. The summed E-state index contributed by atoms with van der Waals surface area (Å²) in [5.41, 5.74) is 5.70. The van der Waals surface area contributed by atoms with Crippen LogP contribution in [0, 0.1) is 29.1 Å². The lowest BCUT2D eigenvalue weighted by Gasteiger charge is -2.41. The van der Waals surface area contributed by atoms with E-state index in [4.69, 9.17) is 15.5 Å². The molecule has 3 heterocycles. The zero-order chi connectivity index (χ0) is 30.6. The second kappa shape index (κ2) is 11.0. The van der Waals surface area contributed by atoms with E-state index in [0.717, 1.165) is 24.6 Å². The Kier molecular flexibility index (Phi) is 7.44. The van der Waals surface area contributed by atoms with Crippen molar-refractivity contribution in [3.05, 3.63) is 46.7 Å².